The van der Waals surface area contributed by atoms with Gasteiger partial charge in [0.25, 0.3) is 0 Å². The van der Waals surface area contributed by atoms with Crippen molar-refractivity contribution in [3.8, 4) is 0 Å². The Morgan fingerprint density at radius 3 is 2.69 bits per heavy atom. The maximum atomic E-state index is 3.94. The van der Waals surface area contributed by atoms with Gasteiger partial charge in [0.1, 0.15) is 0 Å². The molecule has 0 unspecified atom stereocenters. The fourth-order valence-corrected chi connectivity index (χ4v) is 1.61. The van der Waals surface area contributed by atoms with E-state index in [2.05, 4.69) is 37.0 Å². The molecule has 2 rings (SSSR count). The van der Waals surface area contributed by atoms with Crippen LogP contribution in [-0.2, 0) is 0 Å². The summed E-state index contributed by atoms with van der Waals surface area (Å²) in [6.45, 7) is 3.94. The Hall–Kier alpha value is -1.30. The number of hydrogen-bond donors (Lipinski definition) is 0. The zero-order valence-corrected chi connectivity index (χ0v) is 7.79. The van der Waals surface area contributed by atoms with Crippen molar-refractivity contribution >= 4 is 0 Å². The predicted molar refractivity (Wildman–Crippen MR) is 57.4 cm³/mol. The van der Waals surface area contributed by atoms with Crippen LogP contribution < -0.4 is 0 Å². The third-order valence-electron chi connectivity index (χ3n) is 2.57. The Balaban J connectivity index is 2.24. The molecule has 0 atom stereocenters. The van der Waals surface area contributed by atoms with E-state index in [9.17, 15) is 0 Å². The molecule has 0 aromatic rings. The van der Waals surface area contributed by atoms with Crippen LogP contribution in [0.3, 0.4) is 0 Å². The molecule has 0 fully saturated rings. The molecule has 0 aromatic heterocycles. The van der Waals surface area contributed by atoms with Gasteiger partial charge in [0, 0.05) is 0 Å². The maximum Gasteiger partial charge on any atom is -0.0130 e. The molecule has 0 aliphatic heterocycles. The average molecular weight is 170 g/mol. The molecular formula is C13H14. The lowest BCUT2D eigenvalue weighted by Gasteiger charge is -2.20. The lowest BCUT2D eigenvalue weighted by Crippen LogP contribution is -2.01. The van der Waals surface area contributed by atoms with Crippen molar-refractivity contribution in [2.24, 2.45) is 0 Å². The first-order valence-corrected chi connectivity index (χ1v) is 4.77. The summed E-state index contributed by atoms with van der Waals surface area (Å²) in [5.41, 5.74) is 4.18. The smallest absolute Gasteiger partial charge is 0.0130 e. The summed E-state index contributed by atoms with van der Waals surface area (Å²) >= 11 is 0. The third kappa shape index (κ3) is 1.89. The number of allylic oxidation sites excluding steroid dienone is 9. The van der Waals surface area contributed by atoms with Gasteiger partial charge in [0.15, 0.2) is 0 Å². The highest BCUT2D eigenvalue weighted by Crippen LogP contribution is 2.32. The molecule has 0 saturated carbocycles. The highest BCUT2D eigenvalue weighted by Gasteiger charge is 2.12. The van der Waals surface area contributed by atoms with Crippen molar-refractivity contribution in [1.82, 2.24) is 0 Å². The van der Waals surface area contributed by atoms with Crippen molar-refractivity contribution in [2.75, 3.05) is 0 Å². The molecule has 0 bridgehead atoms. The number of rotatable bonds is 0. The first-order valence-electron chi connectivity index (χ1n) is 4.77. The second kappa shape index (κ2) is 3.61. The van der Waals surface area contributed by atoms with Crippen molar-refractivity contribution < 1.29 is 0 Å². The average Bonchev–Trinajstić information content (AvgIpc) is 2.08. The van der Waals surface area contributed by atoms with Crippen molar-refractivity contribution in [3.63, 3.8) is 0 Å². The molecular weight excluding hydrogens is 156 g/mol. The first-order chi connectivity index (χ1) is 6.36. The van der Waals surface area contributed by atoms with E-state index in [-0.39, 0.29) is 0 Å². The van der Waals surface area contributed by atoms with E-state index in [0.29, 0.717) is 0 Å². The van der Waals surface area contributed by atoms with Crippen LogP contribution in [0.2, 0.25) is 0 Å². The monoisotopic (exact) mass is 170 g/mol. The fraction of sp³-hybridized carbons (Fsp3) is 0.231. The highest BCUT2D eigenvalue weighted by atomic mass is 14.2. The minimum absolute atomic E-state index is 1.07. The van der Waals surface area contributed by atoms with Gasteiger partial charge >= 0.3 is 0 Å². The molecule has 0 heteroatoms. The molecule has 0 amide bonds. The minimum Gasteiger partial charge on any atom is -0.0918 e. The molecule has 0 aromatic carbocycles. The van der Waals surface area contributed by atoms with Gasteiger partial charge in [-0.25, -0.2) is 0 Å². The van der Waals surface area contributed by atoms with Crippen LogP contribution in [0.5, 0.6) is 0 Å². The Morgan fingerprint density at radius 1 is 1.00 bits per heavy atom. The fourth-order valence-electron chi connectivity index (χ4n) is 1.61. The van der Waals surface area contributed by atoms with E-state index in [0.717, 1.165) is 12.0 Å². The zero-order valence-electron chi connectivity index (χ0n) is 7.79. The van der Waals surface area contributed by atoms with Crippen LogP contribution in [0.25, 0.3) is 0 Å². The van der Waals surface area contributed by atoms with Gasteiger partial charge < -0.3 is 0 Å². The molecule has 0 nitrogen and oxygen atoms in total. The van der Waals surface area contributed by atoms with E-state index >= 15 is 0 Å². The van der Waals surface area contributed by atoms with Crippen molar-refractivity contribution in [1.29, 1.82) is 0 Å². The van der Waals surface area contributed by atoms with Crippen LogP contribution in [0.15, 0.2) is 59.8 Å². The van der Waals surface area contributed by atoms with Crippen LogP contribution in [-0.4, -0.2) is 0 Å². The van der Waals surface area contributed by atoms with Gasteiger partial charge in [0.2, 0.25) is 0 Å². The molecule has 0 saturated heterocycles. The molecule has 0 spiro atoms. The largest absolute Gasteiger partial charge is 0.0918 e. The predicted octanol–water partition coefficient (Wildman–Crippen LogP) is 3.71. The first kappa shape index (κ1) is 8.31. The van der Waals surface area contributed by atoms with E-state index in [4.69, 9.17) is 0 Å². The summed E-state index contributed by atoms with van der Waals surface area (Å²) < 4.78 is 0. The molecule has 0 radical (unpaired) electrons. The standard InChI is InChI=1S/C13H14/c1-11-5-3-2-4-6-12-9-10-13(12)8-7-11/h2-5,7-8H,1,6,9-10H2/b4-2-,5-3-,8-7-. The molecule has 0 N–H and O–H groups in total. The van der Waals surface area contributed by atoms with Gasteiger partial charge in [-0.2, -0.15) is 0 Å². The lowest BCUT2D eigenvalue weighted by molar-refractivity contribution is 0.797. The van der Waals surface area contributed by atoms with Crippen LogP contribution >= 0.6 is 0 Å². The van der Waals surface area contributed by atoms with Gasteiger partial charge in [-0.1, -0.05) is 48.6 Å². The SMILES string of the molecule is C=C1/C=C\C=C/CC2=C(/C=C\1)CC2. The summed E-state index contributed by atoms with van der Waals surface area (Å²) in [7, 11) is 0. The van der Waals surface area contributed by atoms with Crippen LogP contribution in [0.4, 0.5) is 0 Å². The Morgan fingerprint density at radius 2 is 1.92 bits per heavy atom. The van der Waals surface area contributed by atoms with Gasteiger partial charge in [0.05, 0.1) is 0 Å². The maximum absolute atomic E-state index is 3.94. The van der Waals surface area contributed by atoms with E-state index in [1.807, 2.05) is 6.08 Å². The summed E-state index contributed by atoms with van der Waals surface area (Å²) in [6.07, 6.45) is 16.4. The molecule has 2 aliphatic carbocycles. The Bertz CT molecular complexity index is 335. The Kier molecular flexibility index (Phi) is 2.31. The van der Waals surface area contributed by atoms with Crippen molar-refractivity contribution in [3.05, 3.63) is 59.8 Å². The van der Waals surface area contributed by atoms with Gasteiger partial charge in [-0.15, -0.1) is 0 Å². The highest BCUT2D eigenvalue weighted by molar-refractivity contribution is 5.41. The van der Waals surface area contributed by atoms with E-state index in [1.165, 1.54) is 18.4 Å². The quantitative estimate of drug-likeness (QED) is 0.520. The summed E-state index contributed by atoms with van der Waals surface area (Å²) in [5, 5.41) is 0. The number of hydrogen-bond acceptors (Lipinski definition) is 0. The normalized spacial score (nSPS) is 28.8. The lowest BCUT2D eigenvalue weighted by atomic mass is 9.85. The molecule has 2 aliphatic rings. The third-order valence-corrected chi connectivity index (χ3v) is 2.57. The van der Waals surface area contributed by atoms with Crippen LogP contribution in [0, 0.1) is 0 Å². The second-order valence-corrected chi connectivity index (χ2v) is 3.53. The minimum atomic E-state index is 1.07. The Labute approximate surface area is 79.7 Å². The molecule has 66 valence electrons. The molecule has 13 heavy (non-hydrogen) atoms. The van der Waals surface area contributed by atoms with Gasteiger partial charge in [-0.05, 0) is 30.4 Å². The summed E-state index contributed by atoms with van der Waals surface area (Å²) in [5.74, 6) is 0. The summed E-state index contributed by atoms with van der Waals surface area (Å²) in [4.78, 5) is 0. The van der Waals surface area contributed by atoms with Crippen LogP contribution in [0.1, 0.15) is 19.3 Å². The topological polar surface area (TPSA) is 0 Å². The second-order valence-electron chi connectivity index (χ2n) is 3.53. The van der Waals surface area contributed by atoms with Gasteiger partial charge in [-0.3, -0.25) is 0 Å². The zero-order chi connectivity index (χ0) is 9.10. The van der Waals surface area contributed by atoms with E-state index in [1.54, 1.807) is 5.57 Å². The van der Waals surface area contributed by atoms with E-state index < -0.39 is 0 Å². The summed E-state index contributed by atoms with van der Waals surface area (Å²) in [6, 6.07) is 0. The van der Waals surface area contributed by atoms with Crippen molar-refractivity contribution in [2.45, 2.75) is 19.3 Å². The molecule has 0 heterocycles.